The van der Waals surface area contributed by atoms with Gasteiger partial charge in [-0.05, 0) is 43.4 Å². The van der Waals surface area contributed by atoms with Crippen molar-refractivity contribution in [2.24, 2.45) is 17.8 Å². The second kappa shape index (κ2) is 5.75. The minimum Gasteiger partial charge on any atom is -0.393 e. The first kappa shape index (κ1) is 12.0. The lowest BCUT2D eigenvalue weighted by atomic mass is 9.75. The zero-order valence-corrected chi connectivity index (χ0v) is 10.00. The standard InChI is InChI=1S/C13H26O/c1-4-10(3)8-12-9-11(5-2)6-7-13(12)14/h10-14H,4-9H2,1-3H3. The van der Waals surface area contributed by atoms with Gasteiger partial charge < -0.3 is 5.11 Å². The van der Waals surface area contributed by atoms with E-state index < -0.39 is 0 Å². The predicted octanol–water partition coefficient (Wildman–Crippen LogP) is 3.61. The number of hydrogen-bond acceptors (Lipinski definition) is 1. The fraction of sp³-hybridized carbons (Fsp3) is 1.00. The molecule has 4 atom stereocenters. The number of aliphatic hydroxyl groups excluding tert-OH is 1. The van der Waals surface area contributed by atoms with Crippen LogP contribution in [-0.2, 0) is 0 Å². The van der Waals surface area contributed by atoms with E-state index in [1.54, 1.807) is 0 Å². The SMILES string of the molecule is CCC(C)CC1CC(CC)CCC1O. The Labute approximate surface area is 88.9 Å². The highest BCUT2D eigenvalue weighted by atomic mass is 16.3. The summed E-state index contributed by atoms with van der Waals surface area (Å²) in [5, 5.41) is 9.93. The summed E-state index contributed by atoms with van der Waals surface area (Å²) in [5.41, 5.74) is 0. The van der Waals surface area contributed by atoms with Crippen molar-refractivity contribution in [2.45, 2.75) is 65.4 Å². The Kier molecular flexibility index (Phi) is 4.94. The first-order valence-electron chi connectivity index (χ1n) is 6.35. The molecule has 84 valence electrons. The molecule has 0 aromatic heterocycles. The summed E-state index contributed by atoms with van der Waals surface area (Å²) in [5.74, 6) is 2.25. The molecule has 1 heteroatoms. The van der Waals surface area contributed by atoms with Crippen molar-refractivity contribution in [1.82, 2.24) is 0 Å². The van der Waals surface area contributed by atoms with Crippen LogP contribution >= 0.6 is 0 Å². The van der Waals surface area contributed by atoms with Crippen molar-refractivity contribution >= 4 is 0 Å². The maximum Gasteiger partial charge on any atom is 0.0568 e. The van der Waals surface area contributed by atoms with Gasteiger partial charge in [0.1, 0.15) is 0 Å². The highest BCUT2D eigenvalue weighted by Crippen LogP contribution is 2.35. The van der Waals surface area contributed by atoms with Crippen LogP contribution in [0.1, 0.15) is 59.3 Å². The quantitative estimate of drug-likeness (QED) is 0.731. The van der Waals surface area contributed by atoms with E-state index in [1.807, 2.05) is 0 Å². The average Bonchev–Trinajstić information content (AvgIpc) is 2.21. The fourth-order valence-corrected chi connectivity index (χ4v) is 2.65. The summed E-state index contributed by atoms with van der Waals surface area (Å²) in [4.78, 5) is 0. The third-order valence-corrected chi connectivity index (χ3v) is 4.03. The van der Waals surface area contributed by atoms with Crippen molar-refractivity contribution in [3.8, 4) is 0 Å². The zero-order valence-electron chi connectivity index (χ0n) is 10.00. The summed E-state index contributed by atoms with van der Waals surface area (Å²) >= 11 is 0. The molecule has 0 spiro atoms. The predicted molar refractivity (Wildman–Crippen MR) is 61.2 cm³/mol. The molecule has 0 saturated heterocycles. The maximum atomic E-state index is 9.93. The molecule has 1 rings (SSSR count). The molecule has 4 unspecified atom stereocenters. The van der Waals surface area contributed by atoms with Gasteiger partial charge in [0, 0.05) is 0 Å². The van der Waals surface area contributed by atoms with Crippen LogP contribution in [0, 0.1) is 17.8 Å². The maximum absolute atomic E-state index is 9.93. The Morgan fingerprint density at radius 1 is 1.29 bits per heavy atom. The Morgan fingerprint density at radius 3 is 2.57 bits per heavy atom. The van der Waals surface area contributed by atoms with Gasteiger partial charge in [0.05, 0.1) is 6.10 Å². The van der Waals surface area contributed by atoms with Crippen molar-refractivity contribution in [2.75, 3.05) is 0 Å². The van der Waals surface area contributed by atoms with Gasteiger partial charge in [-0.2, -0.15) is 0 Å². The Bertz CT molecular complexity index is 153. The molecule has 0 aromatic carbocycles. The van der Waals surface area contributed by atoms with Gasteiger partial charge in [-0.25, -0.2) is 0 Å². The van der Waals surface area contributed by atoms with E-state index in [2.05, 4.69) is 20.8 Å². The smallest absolute Gasteiger partial charge is 0.0568 e. The molecule has 0 aliphatic heterocycles. The molecular weight excluding hydrogens is 172 g/mol. The number of aliphatic hydroxyl groups is 1. The van der Waals surface area contributed by atoms with E-state index in [-0.39, 0.29) is 6.10 Å². The van der Waals surface area contributed by atoms with Crippen LogP contribution < -0.4 is 0 Å². The van der Waals surface area contributed by atoms with Gasteiger partial charge in [-0.15, -0.1) is 0 Å². The monoisotopic (exact) mass is 198 g/mol. The molecular formula is C13H26O. The number of rotatable bonds is 4. The van der Waals surface area contributed by atoms with Crippen LogP contribution in [0.2, 0.25) is 0 Å². The molecule has 0 amide bonds. The molecule has 1 aliphatic rings. The lowest BCUT2D eigenvalue weighted by molar-refractivity contribution is 0.0354. The molecule has 0 radical (unpaired) electrons. The van der Waals surface area contributed by atoms with Crippen LogP contribution in [0.25, 0.3) is 0 Å². The third kappa shape index (κ3) is 3.27. The van der Waals surface area contributed by atoms with Crippen molar-refractivity contribution in [3.63, 3.8) is 0 Å². The molecule has 14 heavy (non-hydrogen) atoms. The van der Waals surface area contributed by atoms with Crippen LogP contribution in [0.3, 0.4) is 0 Å². The minimum atomic E-state index is -0.00759. The van der Waals surface area contributed by atoms with Crippen LogP contribution in [0.5, 0.6) is 0 Å². The average molecular weight is 198 g/mol. The van der Waals surface area contributed by atoms with Gasteiger partial charge >= 0.3 is 0 Å². The highest BCUT2D eigenvalue weighted by Gasteiger charge is 2.28. The zero-order chi connectivity index (χ0) is 10.6. The molecule has 1 nitrogen and oxygen atoms in total. The van der Waals surface area contributed by atoms with Crippen molar-refractivity contribution < 1.29 is 5.11 Å². The van der Waals surface area contributed by atoms with Gasteiger partial charge in [-0.3, -0.25) is 0 Å². The van der Waals surface area contributed by atoms with E-state index in [4.69, 9.17) is 0 Å². The molecule has 0 heterocycles. The molecule has 0 bridgehead atoms. The van der Waals surface area contributed by atoms with Gasteiger partial charge in [0.25, 0.3) is 0 Å². The summed E-state index contributed by atoms with van der Waals surface area (Å²) in [6.07, 6.45) is 7.32. The largest absolute Gasteiger partial charge is 0.393 e. The number of hydrogen-bond donors (Lipinski definition) is 1. The van der Waals surface area contributed by atoms with Crippen LogP contribution in [-0.4, -0.2) is 11.2 Å². The molecule has 1 N–H and O–H groups in total. The first-order valence-corrected chi connectivity index (χ1v) is 6.35. The van der Waals surface area contributed by atoms with Crippen molar-refractivity contribution in [1.29, 1.82) is 0 Å². The van der Waals surface area contributed by atoms with E-state index in [9.17, 15) is 5.11 Å². The van der Waals surface area contributed by atoms with Gasteiger partial charge in [0.2, 0.25) is 0 Å². The molecule has 1 aliphatic carbocycles. The van der Waals surface area contributed by atoms with E-state index >= 15 is 0 Å². The summed E-state index contributed by atoms with van der Waals surface area (Å²) < 4.78 is 0. The summed E-state index contributed by atoms with van der Waals surface area (Å²) in [6.45, 7) is 6.84. The van der Waals surface area contributed by atoms with E-state index in [0.717, 1.165) is 18.3 Å². The summed E-state index contributed by atoms with van der Waals surface area (Å²) in [6, 6.07) is 0. The highest BCUT2D eigenvalue weighted by molar-refractivity contribution is 4.80. The Balaban J connectivity index is 2.40. The van der Waals surface area contributed by atoms with E-state index in [0.29, 0.717) is 5.92 Å². The second-order valence-corrected chi connectivity index (χ2v) is 5.16. The molecule has 1 fully saturated rings. The van der Waals surface area contributed by atoms with Crippen LogP contribution in [0.15, 0.2) is 0 Å². The first-order chi connectivity index (χ1) is 6.67. The lowest BCUT2D eigenvalue weighted by Crippen LogP contribution is -2.30. The summed E-state index contributed by atoms with van der Waals surface area (Å²) in [7, 11) is 0. The van der Waals surface area contributed by atoms with Crippen molar-refractivity contribution in [3.05, 3.63) is 0 Å². The topological polar surface area (TPSA) is 20.2 Å². The third-order valence-electron chi connectivity index (χ3n) is 4.03. The fourth-order valence-electron chi connectivity index (χ4n) is 2.65. The molecule has 0 aromatic rings. The van der Waals surface area contributed by atoms with Crippen LogP contribution in [0.4, 0.5) is 0 Å². The Hall–Kier alpha value is -0.0400. The van der Waals surface area contributed by atoms with E-state index in [1.165, 1.54) is 32.1 Å². The van der Waals surface area contributed by atoms with Gasteiger partial charge in [0.15, 0.2) is 0 Å². The normalized spacial score (nSPS) is 35.6. The lowest BCUT2D eigenvalue weighted by Gasteiger charge is -2.34. The second-order valence-electron chi connectivity index (χ2n) is 5.16. The molecule has 1 saturated carbocycles. The minimum absolute atomic E-state index is 0.00759. The van der Waals surface area contributed by atoms with Gasteiger partial charge in [-0.1, -0.05) is 33.6 Å². The Morgan fingerprint density at radius 2 is 2.00 bits per heavy atom.